The van der Waals surface area contributed by atoms with Crippen molar-refractivity contribution < 1.29 is 23.9 Å². The topological polar surface area (TPSA) is 86.7 Å². The molecular weight excluding hydrogens is 351 g/mol. The summed E-state index contributed by atoms with van der Waals surface area (Å²) in [4.78, 5) is 37.1. The fourth-order valence-corrected chi connectivity index (χ4v) is 2.59. The van der Waals surface area contributed by atoms with Crippen molar-refractivity contribution in [1.82, 2.24) is 4.90 Å². The van der Waals surface area contributed by atoms with Crippen LogP contribution in [0, 0.1) is 12.7 Å². The van der Waals surface area contributed by atoms with Gasteiger partial charge in [-0.1, -0.05) is 25.1 Å². The first-order valence-electron chi connectivity index (χ1n) is 8.51. The SMILES string of the molecule is CCCN(CC(=O)Nc1ccccc1C)C(=O)c1ccc(C(=O)O)cc1F. The van der Waals surface area contributed by atoms with Gasteiger partial charge in [0, 0.05) is 12.2 Å². The number of carbonyl (C=O) groups excluding carboxylic acids is 2. The number of para-hydroxylation sites is 1. The summed E-state index contributed by atoms with van der Waals surface area (Å²) in [7, 11) is 0. The summed E-state index contributed by atoms with van der Waals surface area (Å²) in [5, 5.41) is 11.6. The molecular formula is C20H21FN2O4. The Morgan fingerprint density at radius 3 is 2.44 bits per heavy atom. The zero-order valence-electron chi connectivity index (χ0n) is 15.2. The van der Waals surface area contributed by atoms with Gasteiger partial charge in [-0.15, -0.1) is 0 Å². The summed E-state index contributed by atoms with van der Waals surface area (Å²) < 4.78 is 14.2. The van der Waals surface area contributed by atoms with Crippen molar-refractivity contribution in [3.63, 3.8) is 0 Å². The molecule has 0 saturated carbocycles. The van der Waals surface area contributed by atoms with Crippen LogP contribution in [0.4, 0.5) is 10.1 Å². The highest BCUT2D eigenvalue weighted by Gasteiger charge is 2.22. The van der Waals surface area contributed by atoms with E-state index in [0.29, 0.717) is 12.1 Å². The Morgan fingerprint density at radius 2 is 1.85 bits per heavy atom. The number of benzene rings is 2. The minimum absolute atomic E-state index is 0.235. The van der Waals surface area contributed by atoms with Gasteiger partial charge in [-0.2, -0.15) is 0 Å². The van der Waals surface area contributed by atoms with Crippen LogP contribution in [0.25, 0.3) is 0 Å². The second-order valence-corrected chi connectivity index (χ2v) is 6.09. The van der Waals surface area contributed by atoms with E-state index < -0.39 is 23.6 Å². The van der Waals surface area contributed by atoms with E-state index in [2.05, 4.69) is 5.32 Å². The van der Waals surface area contributed by atoms with E-state index in [1.165, 1.54) is 4.90 Å². The lowest BCUT2D eigenvalue weighted by Gasteiger charge is -2.22. The van der Waals surface area contributed by atoms with Gasteiger partial charge in [-0.3, -0.25) is 9.59 Å². The zero-order chi connectivity index (χ0) is 20.0. The van der Waals surface area contributed by atoms with Gasteiger partial charge in [-0.25, -0.2) is 9.18 Å². The van der Waals surface area contributed by atoms with Crippen molar-refractivity contribution in [2.24, 2.45) is 0 Å². The van der Waals surface area contributed by atoms with Crippen molar-refractivity contribution in [2.75, 3.05) is 18.4 Å². The normalized spacial score (nSPS) is 10.3. The van der Waals surface area contributed by atoms with Gasteiger partial charge in [0.15, 0.2) is 0 Å². The summed E-state index contributed by atoms with van der Waals surface area (Å²) in [6, 6.07) is 10.3. The van der Waals surface area contributed by atoms with Crippen molar-refractivity contribution in [1.29, 1.82) is 0 Å². The van der Waals surface area contributed by atoms with Crippen LogP contribution in [0.3, 0.4) is 0 Å². The van der Waals surface area contributed by atoms with Gasteiger partial charge in [0.05, 0.1) is 11.1 Å². The third-order valence-corrected chi connectivity index (χ3v) is 3.98. The highest BCUT2D eigenvalue weighted by atomic mass is 19.1. The summed E-state index contributed by atoms with van der Waals surface area (Å²) in [6.45, 7) is 3.72. The van der Waals surface area contributed by atoms with E-state index >= 15 is 0 Å². The number of carbonyl (C=O) groups is 3. The third kappa shape index (κ3) is 5.13. The number of halogens is 1. The van der Waals surface area contributed by atoms with Crippen molar-refractivity contribution in [3.05, 3.63) is 65.0 Å². The first-order chi connectivity index (χ1) is 12.8. The number of hydrogen-bond donors (Lipinski definition) is 2. The molecule has 2 aromatic carbocycles. The van der Waals surface area contributed by atoms with E-state index in [9.17, 15) is 18.8 Å². The molecule has 0 bridgehead atoms. The van der Waals surface area contributed by atoms with Crippen LogP contribution in [0.1, 0.15) is 39.6 Å². The van der Waals surface area contributed by atoms with E-state index in [0.717, 1.165) is 23.8 Å². The predicted molar refractivity (Wildman–Crippen MR) is 99.4 cm³/mol. The molecule has 142 valence electrons. The summed E-state index contributed by atoms with van der Waals surface area (Å²) >= 11 is 0. The number of nitrogens with zero attached hydrogens (tertiary/aromatic N) is 1. The maximum absolute atomic E-state index is 14.2. The Bertz CT molecular complexity index is 867. The van der Waals surface area contributed by atoms with Crippen molar-refractivity contribution in [3.8, 4) is 0 Å². The van der Waals surface area contributed by atoms with Gasteiger partial charge in [-0.05, 0) is 43.2 Å². The van der Waals surface area contributed by atoms with E-state index in [1.54, 1.807) is 12.1 Å². The molecule has 0 saturated heterocycles. The summed E-state index contributed by atoms with van der Waals surface area (Å²) in [6.07, 6.45) is 0.582. The van der Waals surface area contributed by atoms with Gasteiger partial charge < -0.3 is 15.3 Å². The first kappa shape index (κ1) is 20.1. The molecule has 0 aliphatic carbocycles. The van der Waals surface area contributed by atoms with Crippen LogP contribution in [0.15, 0.2) is 42.5 Å². The molecule has 6 nitrogen and oxygen atoms in total. The number of aryl methyl sites for hydroxylation is 1. The fourth-order valence-electron chi connectivity index (χ4n) is 2.59. The molecule has 27 heavy (non-hydrogen) atoms. The minimum Gasteiger partial charge on any atom is -0.478 e. The summed E-state index contributed by atoms with van der Waals surface area (Å²) in [5.74, 6) is -3.27. The second-order valence-electron chi connectivity index (χ2n) is 6.09. The third-order valence-electron chi connectivity index (χ3n) is 3.98. The molecule has 0 radical (unpaired) electrons. The Balaban J connectivity index is 2.16. The number of nitrogens with one attached hydrogen (secondary N) is 1. The predicted octanol–water partition coefficient (Wildman–Crippen LogP) is 3.32. The number of hydrogen-bond acceptors (Lipinski definition) is 3. The number of carboxylic acids is 1. The van der Waals surface area contributed by atoms with Crippen LogP contribution in [-0.2, 0) is 4.79 Å². The molecule has 2 N–H and O–H groups in total. The maximum Gasteiger partial charge on any atom is 0.335 e. The molecule has 0 aliphatic heterocycles. The number of anilines is 1. The highest BCUT2D eigenvalue weighted by molar-refractivity contribution is 6.00. The average Bonchev–Trinajstić information content (AvgIpc) is 2.62. The molecule has 0 aliphatic rings. The highest BCUT2D eigenvalue weighted by Crippen LogP contribution is 2.15. The van der Waals surface area contributed by atoms with Gasteiger partial charge in [0.2, 0.25) is 5.91 Å². The standard InChI is InChI=1S/C20H21FN2O4/c1-3-10-23(12-18(24)22-17-7-5-4-6-13(17)2)19(25)15-9-8-14(20(26)27)11-16(15)21/h4-9,11H,3,10,12H2,1-2H3,(H,22,24)(H,26,27). The van der Waals surface area contributed by atoms with E-state index in [-0.39, 0.29) is 24.2 Å². The molecule has 0 atom stereocenters. The van der Waals surface area contributed by atoms with Crippen LogP contribution < -0.4 is 5.32 Å². The lowest BCUT2D eigenvalue weighted by atomic mass is 10.1. The van der Waals surface area contributed by atoms with E-state index in [1.807, 2.05) is 26.0 Å². The Kier molecular flexibility index (Phi) is 6.65. The lowest BCUT2D eigenvalue weighted by Crippen LogP contribution is -2.39. The number of rotatable bonds is 7. The van der Waals surface area contributed by atoms with E-state index in [4.69, 9.17) is 5.11 Å². The smallest absolute Gasteiger partial charge is 0.335 e. The quantitative estimate of drug-likeness (QED) is 0.781. The Hall–Kier alpha value is -3.22. The maximum atomic E-state index is 14.2. The number of aromatic carboxylic acids is 1. The largest absolute Gasteiger partial charge is 0.478 e. The van der Waals surface area contributed by atoms with Crippen molar-refractivity contribution in [2.45, 2.75) is 20.3 Å². The minimum atomic E-state index is -1.28. The number of amides is 2. The molecule has 0 aromatic heterocycles. The fraction of sp³-hybridized carbons (Fsp3) is 0.250. The second kappa shape index (κ2) is 8.93. The van der Waals surface area contributed by atoms with Crippen LogP contribution in [0.2, 0.25) is 0 Å². The van der Waals surface area contributed by atoms with Crippen LogP contribution in [-0.4, -0.2) is 40.9 Å². The number of carboxylic acid groups (broad SMARTS) is 1. The first-order valence-corrected chi connectivity index (χ1v) is 8.51. The van der Waals surface area contributed by atoms with Gasteiger partial charge >= 0.3 is 5.97 Å². The van der Waals surface area contributed by atoms with Crippen LogP contribution in [0.5, 0.6) is 0 Å². The molecule has 2 rings (SSSR count). The van der Waals surface area contributed by atoms with Crippen molar-refractivity contribution >= 4 is 23.5 Å². The molecule has 2 amide bonds. The molecule has 0 fully saturated rings. The van der Waals surface area contributed by atoms with Gasteiger partial charge in [0.25, 0.3) is 5.91 Å². The monoisotopic (exact) mass is 372 g/mol. The molecule has 0 unspecified atom stereocenters. The van der Waals surface area contributed by atoms with Gasteiger partial charge in [0.1, 0.15) is 12.4 Å². The average molecular weight is 372 g/mol. The molecule has 0 heterocycles. The lowest BCUT2D eigenvalue weighted by molar-refractivity contribution is -0.116. The summed E-state index contributed by atoms with van der Waals surface area (Å²) in [5.41, 5.74) is 1.01. The molecule has 7 heteroatoms. The van der Waals surface area contributed by atoms with Crippen LogP contribution >= 0.6 is 0 Å². The molecule has 2 aromatic rings. The zero-order valence-corrected chi connectivity index (χ0v) is 15.2. The Morgan fingerprint density at radius 1 is 1.15 bits per heavy atom. The molecule has 0 spiro atoms. The Labute approximate surface area is 156 Å².